The van der Waals surface area contributed by atoms with Crippen LogP contribution in [0.5, 0.6) is 0 Å². The van der Waals surface area contributed by atoms with Gasteiger partial charge in [-0.15, -0.1) is 0 Å². The Morgan fingerprint density at radius 2 is 1.53 bits per heavy atom. The molecule has 0 spiro atoms. The number of allylic oxidation sites excluding steroid dienone is 1. The average molecular weight is 248 g/mol. The molecule has 0 aliphatic carbocycles. The van der Waals surface area contributed by atoms with Gasteiger partial charge in [0.05, 0.1) is 9.52 Å². The van der Waals surface area contributed by atoms with Crippen LogP contribution in [0.4, 0.5) is 0 Å². The van der Waals surface area contributed by atoms with Crippen LogP contribution in [-0.4, -0.2) is 53.3 Å². The Labute approximate surface area is 108 Å². The Hall–Kier alpha value is -0.903. The highest BCUT2D eigenvalue weighted by atomic mass is 28.2. The summed E-state index contributed by atoms with van der Waals surface area (Å²) >= 11 is 0. The molecule has 1 rings (SSSR count). The van der Waals surface area contributed by atoms with Crippen molar-refractivity contribution >= 4 is 20.3 Å². The Bertz CT molecular complexity index is 360. The fourth-order valence-electron chi connectivity index (χ4n) is 1.96. The van der Waals surface area contributed by atoms with E-state index in [0.717, 1.165) is 5.57 Å². The normalized spacial score (nSPS) is 12.2. The number of hydrogen-bond donors (Lipinski definition) is 0. The van der Waals surface area contributed by atoms with Crippen LogP contribution in [0.1, 0.15) is 12.5 Å². The standard InChI is InChI=1S/C14H24N2Si/c1-11(2)12-7-9-13(10-8-12)17-14(15(3)4)16(5)6/h7-10,14H,1,17H2,2-6H3. The zero-order valence-electron chi connectivity index (χ0n) is 11.7. The van der Waals surface area contributed by atoms with Gasteiger partial charge in [0.2, 0.25) is 0 Å². The maximum Gasteiger partial charge on any atom is 0.0922 e. The predicted molar refractivity (Wildman–Crippen MR) is 80.5 cm³/mol. The smallest absolute Gasteiger partial charge is 0.0922 e. The lowest BCUT2D eigenvalue weighted by Crippen LogP contribution is -2.48. The Balaban J connectivity index is 2.77. The highest BCUT2D eigenvalue weighted by Crippen LogP contribution is 2.08. The van der Waals surface area contributed by atoms with Crippen molar-refractivity contribution in [2.75, 3.05) is 28.2 Å². The molecule has 0 N–H and O–H groups in total. The molecule has 0 amide bonds. The summed E-state index contributed by atoms with van der Waals surface area (Å²) in [6.07, 6.45) is 0. The van der Waals surface area contributed by atoms with Crippen molar-refractivity contribution in [3.05, 3.63) is 36.4 Å². The molecule has 0 bridgehead atoms. The van der Waals surface area contributed by atoms with Crippen LogP contribution in [-0.2, 0) is 0 Å². The van der Waals surface area contributed by atoms with E-state index >= 15 is 0 Å². The van der Waals surface area contributed by atoms with Gasteiger partial charge in [0.25, 0.3) is 0 Å². The van der Waals surface area contributed by atoms with E-state index < -0.39 is 0 Å². The quantitative estimate of drug-likeness (QED) is 0.565. The second-order valence-electron chi connectivity index (χ2n) is 5.09. The molecule has 0 aliphatic heterocycles. The molecule has 1 aromatic carbocycles. The first-order valence-electron chi connectivity index (χ1n) is 5.99. The van der Waals surface area contributed by atoms with Crippen LogP contribution >= 0.6 is 0 Å². The molecular formula is C14H24N2Si. The number of rotatable bonds is 5. The third-order valence-corrected chi connectivity index (χ3v) is 5.83. The Morgan fingerprint density at radius 1 is 1.06 bits per heavy atom. The van der Waals surface area contributed by atoms with Gasteiger partial charge < -0.3 is 0 Å². The highest BCUT2D eigenvalue weighted by molar-refractivity contribution is 6.54. The van der Waals surface area contributed by atoms with Crippen molar-refractivity contribution < 1.29 is 0 Å². The highest BCUT2D eigenvalue weighted by Gasteiger charge is 2.14. The van der Waals surface area contributed by atoms with Gasteiger partial charge in [-0.1, -0.05) is 41.6 Å². The summed E-state index contributed by atoms with van der Waals surface area (Å²) in [5, 5.41) is 1.50. The SMILES string of the molecule is C=C(C)c1ccc([SiH2]C(N(C)C)N(C)C)cc1. The molecule has 0 aromatic heterocycles. The van der Waals surface area contributed by atoms with Crippen molar-refractivity contribution in [1.82, 2.24) is 9.80 Å². The molecule has 0 heterocycles. The largest absolute Gasteiger partial charge is 0.297 e. The van der Waals surface area contributed by atoms with Crippen molar-refractivity contribution in [2.24, 2.45) is 0 Å². The molecule has 1 aromatic rings. The maximum absolute atomic E-state index is 3.97. The van der Waals surface area contributed by atoms with Gasteiger partial charge in [-0.3, -0.25) is 9.80 Å². The third kappa shape index (κ3) is 4.11. The first kappa shape index (κ1) is 14.2. The van der Waals surface area contributed by atoms with Crippen LogP contribution in [0.25, 0.3) is 5.57 Å². The van der Waals surface area contributed by atoms with Gasteiger partial charge in [-0.25, -0.2) is 0 Å². The maximum atomic E-state index is 3.97. The molecule has 0 saturated heterocycles. The van der Waals surface area contributed by atoms with Crippen LogP contribution in [0, 0.1) is 0 Å². The fraction of sp³-hybridized carbons (Fsp3) is 0.429. The Morgan fingerprint density at radius 3 is 1.88 bits per heavy atom. The van der Waals surface area contributed by atoms with E-state index in [4.69, 9.17) is 0 Å². The minimum absolute atomic E-state index is 0.311. The summed E-state index contributed by atoms with van der Waals surface area (Å²) in [5.74, 6) is 0.575. The molecule has 0 aliphatic rings. The average Bonchev–Trinajstić information content (AvgIpc) is 2.25. The molecule has 17 heavy (non-hydrogen) atoms. The van der Waals surface area contributed by atoms with E-state index in [9.17, 15) is 0 Å². The lowest BCUT2D eigenvalue weighted by molar-refractivity contribution is 0.202. The Kier molecular flexibility index (Phi) is 5.12. The first-order valence-corrected chi connectivity index (χ1v) is 7.52. The zero-order valence-corrected chi connectivity index (χ0v) is 13.1. The molecule has 0 radical (unpaired) electrons. The molecule has 0 fully saturated rings. The van der Waals surface area contributed by atoms with Crippen LogP contribution in [0.15, 0.2) is 30.8 Å². The summed E-state index contributed by atoms with van der Waals surface area (Å²) in [7, 11) is 8.30. The molecule has 94 valence electrons. The van der Waals surface area contributed by atoms with E-state index in [1.54, 1.807) is 0 Å². The summed E-state index contributed by atoms with van der Waals surface area (Å²) in [4.78, 5) is 4.61. The lowest BCUT2D eigenvalue weighted by Gasteiger charge is -2.30. The van der Waals surface area contributed by atoms with Crippen molar-refractivity contribution in [2.45, 2.75) is 12.7 Å². The topological polar surface area (TPSA) is 6.48 Å². The first-order chi connectivity index (χ1) is 7.91. The summed E-state index contributed by atoms with van der Waals surface area (Å²) in [6, 6.07) is 8.90. The monoisotopic (exact) mass is 248 g/mol. The van der Waals surface area contributed by atoms with E-state index in [1.807, 2.05) is 0 Å². The number of hydrogen-bond acceptors (Lipinski definition) is 2. The van der Waals surface area contributed by atoms with Crippen LogP contribution in [0.3, 0.4) is 0 Å². The number of benzene rings is 1. The third-order valence-electron chi connectivity index (χ3n) is 3.06. The summed E-state index contributed by atoms with van der Waals surface area (Å²) < 4.78 is 0. The van der Waals surface area contributed by atoms with Gasteiger partial charge in [0.1, 0.15) is 0 Å². The lowest BCUT2D eigenvalue weighted by atomic mass is 10.1. The molecule has 3 heteroatoms. The molecular weight excluding hydrogens is 224 g/mol. The molecule has 0 unspecified atom stereocenters. The van der Waals surface area contributed by atoms with Gasteiger partial charge in [-0.05, 0) is 40.7 Å². The van der Waals surface area contributed by atoms with Gasteiger partial charge in [-0.2, -0.15) is 0 Å². The minimum atomic E-state index is -0.311. The van der Waals surface area contributed by atoms with E-state index in [2.05, 4.69) is 75.8 Å². The minimum Gasteiger partial charge on any atom is -0.297 e. The molecule has 2 nitrogen and oxygen atoms in total. The van der Waals surface area contributed by atoms with Crippen LogP contribution in [0.2, 0.25) is 0 Å². The van der Waals surface area contributed by atoms with Crippen molar-refractivity contribution in [3.8, 4) is 0 Å². The second kappa shape index (κ2) is 6.14. The number of nitrogens with zero attached hydrogens (tertiary/aromatic N) is 2. The van der Waals surface area contributed by atoms with Crippen molar-refractivity contribution in [1.29, 1.82) is 0 Å². The van der Waals surface area contributed by atoms with Crippen molar-refractivity contribution in [3.63, 3.8) is 0 Å². The van der Waals surface area contributed by atoms with Crippen LogP contribution < -0.4 is 5.19 Å². The van der Waals surface area contributed by atoms with E-state index in [0.29, 0.717) is 5.79 Å². The fourth-order valence-corrected chi connectivity index (χ4v) is 3.62. The van der Waals surface area contributed by atoms with Gasteiger partial charge >= 0.3 is 0 Å². The molecule has 0 atom stereocenters. The summed E-state index contributed by atoms with van der Waals surface area (Å²) in [5.41, 5.74) is 2.38. The van der Waals surface area contributed by atoms with E-state index in [1.165, 1.54) is 10.8 Å². The predicted octanol–water partition coefficient (Wildman–Crippen LogP) is 0.921. The molecule has 0 saturated carbocycles. The van der Waals surface area contributed by atoms with E-state index in [-0.39, 0.29) is 9.52 Å². The van der Waals surface area contributed by atoms with Gasteiger partial charge in [0.15, 0.2) is 0 Å². The zero-order chi connectivity index (χ0) is 13.0. The summed E-state index contributed by atoms with van der Waals surface area (Å²) in [6.45, 7) is 6.02. The second-order valence-corrected chi connectivity index (χ2v) is 7.04. The van der Waals surface area contributed by atoms with Gasteiger partial charge in [0, 0.05) is 5.79 Å².